The maximum absolute atomic E-state index is 12.2. The molecule has 3 unspecified atom stereocenters. The first-order valence-corrected chi connectivity index (χ1v) is 7.44. The van der Waals surface area contributed by atoms with E-state index in [1.807, 2.05) is 0 Å². The summed E-state index contributed by atoms with van der Waals surface area (Å²) < 4.78 is 0. The van der Waals surface area contributed by atoms with Gasteiger partial charge in [-0.2, -0.15) is 0 Å². The van der Waals surface area contributed by atoms with Crippen LogP contribution in [0.3, 0.4) is 0 Å². The van der Waals surface area contributed by atoms with Crippen molar-refractivity contribution in [3.8, 4) is 0 Å². The Morgan fingerprint density at radius 1 is 1.32 bits per heavy atom. The van der Waals surface area contributed by atoms with Crippen molar-refractivity contribution in [2.24, 2.45) is 5.92 Å². The molecule has 2 aliphatic rings. The molecule has 1 heterocycles. The lowest BCUT2D eigenvalue weighted by Crippen LogP contribution is -2.50. The highest BCUT2D eigenvalue weighted by atomic mass is 16.4. The SMILES string of the molecule is CCCCNC(=O)N1C(C(=O)O)CC2CCCCC21. The van der Waals surface area contributed by atoms with Gasteiger partial charge in [-0.15, -0.1) is 0 Å². The first-order chi connectivity index (χ1) is 9.15. The molecular formula is C14H24N2O3. The van der Waals surface area contributed by atoms with Gasteiger partial charge in [-0.05, 0) is 31.6 Å². The predicted molar refractivity (Wildman–Crippen MR) is 71.9 cm³/mol. The fourth-order valence-corrected chi connectivity index (χ4v) is 3.44. The number of rotatable bonds is 4. The molecule has 0 aromatic rings. The van der Waals surface area contributed by atoms with Crippen LogP contribution in [0.15, 0.2) is 0 Å². The van der Waals surface area contributed by atoms with E-state index in [1.54, 1.807) is 4.90 Å². The lowest BCUT2D eigenvalue weighted by molar-refractivity contribution is -0.141. The second-order valence-corrected chi connectivity index (χ2v) is 5.69. The van der Waals surface area contributed by atoms with Crippen LogP contribution in [-0.4, -0.2) is 40.6 Å². The standard InChI is InChI=1S/C14H24N2O3/c1-2-3-8-15-14(19)16-11-7-5-4-6-10(11)9-12(16)13(17)18/h10-12H,2-9H2,1H3,(H,15,19)(H,17,18). The van der Waals surface area contributed by atoms with Crippen molar-refractivity contribution >= 4 is 12.0 Å². The monoisotopic (exact) mass is 268 g/mol. The third-order valence-corrected chi connectivity index (χ3v) is 4.41. The minimum Gasteiger partial charge on any atom is -0.480 e. The fraction of sp³-hybridized carbons (Fsp3) is 0.857. The highest BCUT2D eigenvalue weighted by molar-refractivity contribution is 5.83. The Balaban J connectivity index is 2.04. The van der Waals surface area contributed by atoms with Gasteiger partial charge in [-0.3, -0.25) is 0 Å². The van der Waals surface area contributed by atoms with E-state index in [1.165, 1.54) is 6.42 Å². The van der Waals surface area contributed by atoms with Crippen LogP contribution in [0, 0.1) is 5.92 Å². The predicted octanol–water partition coefficient (Wildman–Crippen LogP) is 2.21. The van der Waals surface area contributed by atoms with Gasteiger partial charge in [-0.25, -0.2) is 9.59 Å². The highest BCUT2D eigenvalue weighted by Gasteiger charge is 2.47. The van der Waals surface area contributed by atoms with E-state index in [0.29, 0.717) is 18.9 Å². The molecule has 1 aliphatic carbocycles. The Bertz CT molecular complexity index is 346. The minimum absolute atomic E-state index is 0.136. The summed E-state index contributed by atoms with van der Waals surface area (Å²) in [4.78, 5) is 25.2. The summed E-state index contributed by atoms with van der Waals surface area (Å²) in [5, 5.41) is 12.2. The van der Waals surface area contributed by atoms with Gasteiger partial charge >= 0.3 is 12.0 Å². The highest BCUT2D eigenvalue weighted by Crippen LogP contribution is 2.39. The minimum atomic E-state index is -0.861. The van der Waals surface area contributed by atoms with Crippen LogP contribution in [0.1, 0.15) is 51.9 Å². The Hall–Kier alpha value is -1.26. The molecule has 3 atom stereocenters. The summed E-state index contributed by atoms with van der Waals surface area (Å²) in [7, 11) is 0. The molecule has 19 heavy (non-hydrogen) atoms. The quantitative estimate of drug-likeness (QED) is 0.768. The Kier molecular flexibility index (Phi) is 4.66. The summed E-state index contributed by atoms with van der Waals surface area (Å²) >= 11 is 0. The van der Waals surface area contributed by atoms with E-state index in [0.717, 1.165) is 32.1 Å². The molecule has 0 bridgehead atoms. The molecule has 2 rings (SSSR count). The molecule has 1 aliphatic heterocycles. The zero-order chi connectivity index (χ0) is 13.8. The van der Waals surface area contributed by atoms with Crippen LogP contribution in [0.5, 0.6) is 0 Å². The van der Waals surface area contributed by atoms with E-state index in [-0.39, 0.29) is 12.1 Å². The smallest absolute Gasteiger partial charge is 0.326 e. The average molecular weight is 268 g/mol. The van der Waals surface area contributed by atoms with Gasteiger partial charge in [0.05, 0.1) is 0 Å². The number of unbranched alkanes of at least 4 members (excludes halogenated alkanes) is 1. The Morgan fingerprint density at radius 2 is 2.05 bits per heavy atom. The summed E-state index contributed by atoms with van der Waals surface area (Å²) in [5.41, 5.74) is 0. The van der Waals surface area contributed by atoms with Gasteiger partial charge in [0.2, 0.25) is 0 Å². The molecule has 1 saturated heterocycles. The molecule has 5 nitrogen and oxygen atoms in total. The van der Waals surface area contributed by atoms with E-state index in [9.17, 15) is 14.7 Å². The lowest BCUT2D eigenvalue weighted by atomic mass is 9.85. The van der Waals surface area contributed by atoms with Gasteiger partial charge in [0.15, 0.2) is 0 Å². The number of carboxylic acids is 1. The molecule has 0 aromatic heterocycles. The summed E-state index contributed by atoms with van der Waals surface area (Å²) in [6, 6.07) is -0.679. The van der Waals surface area contributed by atoms with Crippen molar-refractivity contribution in [3.63, 3.8) is 0 Å². The Labute approximate surface area is 114 Å². The molecule has 0 radical (unpaired) electrons. The maximum Gasteiger partial charge on any atom is 0.326 e. The van der Waals surface area contributed by atoms with Crippen LogP contribution >= 0.6 is 0 Å². The van der Waals surface area contributed by atoms with E-state index >= 15 is 0 Å². The summed E-state index contributed by atoms with van der Waals surface area (Å²) in [5.74, 6) is -0.480. The first kappa shape index (κ1) is 14.2. The van der Waals surface area contributed by atoms with Crippen molar-refractivity contribution in [2.45, 2.75) is 64.0 Å². The van der Waals surface area contributed by atoms with Crippen molar-refractivity contribution in [2.75, 3.05) is 6.54 Å². The van der Waals surface area contributed by atoms with Gasteiger partial charge in [0.25, 0.3) is 0 Å². The number of amides is 2. The molecule has 5 heteroatoms. The number of hydrogen-bond donors (Lipinski definition) is 2. The maximum atomic E-state index is 12.2. The van der Waals surface area contributed by atoms with Crippen LogP contribution in [0.2, 0.25) is 0 Å². The number of carbonyl (C=O) groups is 2. The largest absolute Gasteiger partial charge is 0.480 e. The average Bonchev–Trinajstić information content (AvgIpc) is 2.78. The van der Waals surface area contributed by atoms with Crippen molar-refractivity contribution in [3.05, 3.63) is 0 Å². The van der Waals surface area contributed by atoms with Gasteiger partial charge in [-0.1, -0.05) is 26.2 Å². The van der Waals surface area contributed by atoms with Gasteiger partial charge < -0.3 is 15.3 Å². The molecule has 0 spiro atoms. The number of carbonyl (C=O) groups excluding carboxylic acids is 1. The summed E-state index contributed by atoms with van der Waals surface area (Å²) in [6.45, 7) is 2.70. The summed E-state index contributed by atoms with van der Waals surface area (Å²) in [6.07, 6.45) is 6.87. The van der Waals surface area contributed by atoms with E-state index < -0.39 is 12.0 Å². The molecule has 2 N–H and O–H groups in total. The number of nitrogens with zero attached hydrogens (tertiary/aromatic N) is 1. The first-order valence-electron chi connectivity index (χ1n) is 7.44. The van der Waals surface area contributed by atoms with Crippen molar-refractivity contribution in [1.29, 1.82) is 0 Å². The number of fused-ring (bicyclic) bond motifs is 1. The molecule has 108 valence electrons. The zero-order valence-electron chi connectivity index (χ0n) is 11.6. The fourth-order valence-electron chi connectivity index (χ4n) is 3.44. The van der Waals surface area contributed by atoms with Gasteiger partial charge in [0.1, 0.15) is 6.04 Å². The molecule has 2 fully saturated rings. The van der Waals surface area contributed by atoms with Crippen LogP contribution in [0.4, 0.5) is 4.79 Å². The topological polar surface area (TPSA) is 69.6 Å². The number of aliphatic carboxylic acids is 1. The van der Waals surface area contributed by atoms with E-state index in [4.69, 9.17) is 0 Å². The number of carboxylic acid groups (broad SMARTS) is 1. The third-order valence-electron chi connectivity index (χ3n) is 4.41. The number of likely N-dealkylation sites (tertiary alicyclic amines) is 1. The zero-order valence-corrected chi connectivity index (χ0v) is 11.6. The van der Waals surface area contributed by atoms with E-state index in [2.05, 4.69) is 12.2 Å². The number of nitrogens with one attached hydrogen (secondary N) is 1. The van der Waals surface area contributed by atoms with Crippen molar-refractivity contribution < 1.29 is 14.7 Å². The van der Waals surface area contributed by atoms with Crippen LogP contribution in [-0.2, 0) is 4.79 Å². The normalized spacial score (nSPS) is 29.9. The third kappa shape index (κ3) is 3.01. The van der Waals surface area contributed by atoms with Crippen molar-refractivity contribution in [1.82, 2.24) is 10.2 Å². The second kappa shape index (κ2) is 6.26. The Morgan fingerprint density at radius 3 is 2.74 bits per heavy atom. The van der Waals surface area contributed by atoms with Crippen LogP contribution in [0.25, 0.3) is 0 Å². The van der Waals surface area contributed by atoms with Gasteiger partial charge in [0, 0.05) is 12.6 Å². The number of hydrogen-bond acceptors (Lipinski definition) is 2. The lowest BCUT2D eigenvalue weighted by Gasteiger charge is -2.32. The number of urea groups is 1. The molecule has 2 amide bonds. The van der Waals surface area contributed by atoms with Crippen LogP contribution < -0.4 is 5.32 Å². The molecular weight excluding hydrogens is 244 g/mol. The second-order valence-electron chi connectivity index (χ2n) is 5.69. The molecule has 1 saturated carbocycles. The molecule has 0 aromatic carbocycles.